The molecule has 0 aliphatic heterocycles. The van der Waals surface area contributed by atoms with E-state index in [1.807, 2.05) is 6.92 Å². The molecule has 0 aliphatic rings. The summed E-state index contributed by atoms with van der Waals surface area (Å²) < 4.78 is 15.8. The number of ether oxygens (including phenoxy) is 2. The summed E-state index contributed by atoms with van der Waals surface area (Å²) in [5.74, 6) is 1.09. The maximum Gasteiger partial charge on any atom is 0.252 e. The third kappa shape index (κ3) is 2.74. The van der Waals surface area contributed by atoms with Gasteiger partial charge in [0.1, 0.15) is 23.9 Å². The molecular formula is C14H16N2O4. The largest absolute Gasteiger partial charge is 0.497 e. The fourth-order valence-electron chi connectivity index (χ4n) is 1.81. The molecule has 2 rings (SSSR count). The van der Waals surface area contributed by atoms with Crippen LogP contribution < -0.4 is 15.2 Å². The lowest BCUT2D eigenvalue weighted by Gasteiger charge is -2.11. The van der Waals surface area contributed by atoms with Gasteiger partial charge in [-0.1, -0.05) is 5.16 Å². The molecule has 1 aromatic heterocycles. The summed E-state index contributed by atoms with van der Waals surface area (Å²) in [6.07, 6.45) is 0. The van der Waals surface area contributed by atoms with Gasteiger partial charge >= 0.3 is 0 Å². The zero-order chi connectivity index (χ0) is 14.7. The Morgan fingerprint density at radius 2 is 2.15 bits per heavy atom. The Balaban J connectivity index is 2.26. The molecule has 2 aromatic rings. The second-order valence-electron chi connectivity index (χ2n) is 4.32. The number of primary amides is 1. The Morgan fingerprint density at radius 3 is 2.70 bits per heavy atom. The number of nitrogens with zero attached hydrogens (tertiary/aromatic N) is 1. The highest BCUT2D eigenvalue weighted by atomic mass is 16.5. The van der Waals surface area contributed by atoms with Gasteiger partial charge in [0.25, 0.3) is 5.91 Å². The van der Waals surface area contributed by atoms with Crippen molar-refractivity contribution in [3.63, 3.8) is 0 Å². The average molecular weight is 276 g/mol. The molecule has 1 heterocycles. The maximum absolute atomic E-state index is 11.4. The molecule has 0 unspecified atom stereocenters. The van der Waals surface area contributed by atoms with Crippen LogP contribution in [0.4, 0.5) is 0 Å². The third-order valence-corrected chi connectivity index (χ3v) is 3.01. The van der Waals surface area contributed by atoms with Crippen LogP contribution in [0.15, 0.2) is 22.7 Å². The molecule has 6 nitrogen and oxygen atoms in total. The molecule has 106 valence electrons. The number of aromatic nitrogens is 1. The molecule has 0 saturated heterocycles. The maximum atomic E-state index is 11.4. The van der Waals surface area contributed by atoms with Crippen LogP contribution in [-0.2, 0) is 6.61 Å². The number of rotatable bonds is 5. The van der Waals surface area contributed by atoms with Crippen LogP contribution in [0.5, 0.6) is 11.5 Å². The molecule has 6 heteroatoms. The monoisotopic (exact) mass is 276 g/mol. The summed E-state index contributed by atoms with van der Waals surface area (Å²) in [5.41, 5.74) is 7.23. The van der Waals surface area contributed by atoms with Crippen LogP contribution in [0.25, 0.3) is 0 Å². The first-order valence-electron chi connectivity index (χ1n) is 6.05. The van der Waals surface area contributed by atoms with Crippen LogP contribution in [0.1, 0.15) is 27.4 Å². The van der Waals surface area contributed by atoms with E-state index >= 15 is 0 Å². The Hall–Kier alpha value is -2.50. The summed E-state index contributed by atoms with van der Waals surface area (Å²) >= 11 is 0. The lowest BCUT2D eigenvalue weighted by Crippen LogP contribution is -2.13. The quantitative estimate of drug-likeness (QED) is 0.902. The highest BCUT2D eigenvalue weighted by Crippen LogP contribution is 2.26. The number of carbonyl (C=O) groups is 1. The van der Waals surface area contributed by atoms with Crippen molar-refractivity contribution in [2.45, 2.75) is 20.5 Å². The van der Waals surface area contributed by atoms with Gasteiger partial charge in [0.05, 0.1) is 23.9 Å². The van der Waals surface area contributed by atoms with Crippen LogP contribution in [0.2, 0.25) is 0 Å². The lowest BCUT2D eigenvalue weighted by atomic mass is 10.1. The molecular weight excluding hydrogens is 260 g/mol. The zero-order valence-electron chi connectivity index (χ0n) is 11.6. The van der Waals surface area contributed by atoms with E-state index in [4.69, 9.17) is 19.7 Å². The number of hydrogen-bond donors (Lipinski definition) is 1. The van der Waals surface area contributed by atoms with E-state index in [2.05, 4.69) is 5.16 Å². The van der Waals surface area contributed by atoms with Gasteiger partial charge < -0.3 is 19.7 Å². The molecule has 0 aliphatic carbocycles. The molecule has 0 atom stereocenters. The fourth-order valence-corrected chi connectivity index (χ4v) is 1.81. The van der Waals surface area contributed by atoms with E-state index in [0.29, 0.717) is 22.8 Å². The van der Waals surface area contributed by atoms with Crippen LogP contribution >= 0.6 is 0 Å². The minimum atomic E-state index is -0.554. The van der Waals surface area contributed by atoms with Crippen molar-refractivity contribution in [2.24, 2.45) is 5.73 Å². The van der Waals surface area contributed by atoms with Crippen molar-refractivity contribution in [1.82, 2.24) is 5.16 Å². The fraction of sp³-hybridized carbons (Fsp3) is 0.286. The first kappa shape index (κ1) is 13.9. The number of hydrogen-bond acceptors (Lipinski definition) is 5. The minimum Gasteiger partial charge on any atom is -0.497 e. The lowest BCUT2D eigenvalue weighted by molar-refractivity contribution is 0.0996. The van der Waals surface area contributed by atoms with Gasteiger partial charge in [0, 0.05) is 6.07 Å². The second kappa shape index (κ2) is 5.64. The summed E-state index contributed by atoms with van der Waals surface area (Å²) in [6.45, 7) is 3.88. The van der Waals surface area contributed by atoms with E-state index in [-0.39, 0.29) is 6.61 Å². The zero-order valence-corrected chi connectivity index (χ0v) is 11.6. The average Bonchev–Trinajstić information content (AvgIpc) is 2.75. The SMILES string of the molecule is COc1ccc(C(N)=O)c(OCc2c(C)noc2C)c1. The van der Waals surface area contributed by atoms with Crippen molar-refractivity contribution in [3.8, 4) is 11.5 Å². The molecule has 1 aromatic carbocycles. The number of carbonyl (C=O) groups excluding carboxylic acids is 1. The number of methoxy groups -OCH3 is 1. The second-order valence-corrected chi connectivity index (χ2v) is 4.32. The predicted octanol–water partition coefficient (Wildman–Crippen LogP) is 1.98. The Morgan fingerprint density at radius 1 is 1.40 bits per heavy atom. The van der Waals surface area contributed by atoms with Gasteiger partial charge in [0.15, 0.2) is 0 Å². The molecule has 2 N–H and O–H groups in total. The van der Waals surface area contributed by atoms with Crippen LogP contribution in [0, 0.1) is 13.8 Å². The predicted molar refractivity (Wildman–Crippen MR) is 71.8 cm³/mol. The molecule has 0 bridgehead atoms. The standard InChI is InChI=1S/C14H16N2O4/c1-8-12(9(2)20-16-8)7-19-13-6-10(18-3)4-5-11(13)14(15)17/h4-6H,7H2,1-3H3,(H2,15,17). The highest BCUT2D eigenvalue weighted by molar-refractivity contribution is 5.95. The Labute approximate surface area is 116 Å². The number of aryl methyl sites for hydroxylation is 2. The van der Waals surface area contributed by atoms with E-state index in [0.717, 1.165) is 11.3 Å². The topological polar surface area (TPSA) is 87.6 Å². The number of amides is 1. The number of benzene rings is 1. The third-order valence-electron chi connectivity index (χ3n) is 3.01. The van der Waals surface area contributed by atoms with E-state index in [9.17, 15) is 4.79 Å². The van der Waals surface area contributed by atoms with Gasteiger partial charge in [-0.3, -0.25) is 4.79 Å². The van der Waals surface area contributed by atoms with Crippen molar-refractivity contribution < 1.29 is 18.8 Å². The van der Waals surface area contributed by atoms with Gasteiger partial charge in [-0.2, -0.15) is 0 Å². The Bertz CT molecular complexity index is 615. The molecule has 0 saturated carbocycles. The molecule has 0 radical (unpaired) electrons. The molecule has 0 spiro atoms. The van der Waals surface area contributed by atoms with Crippen molar-refractivity contribution >= 4 is 5.91 Å². The van der Waals surface area contributed by atoms with E-state index < -0.39 is 5.91 Å². The van der Waals surface area contributed by atoms with Gasteiger partial charge in [-0.25, -0.2) is 0 Å². The van der Waals surface area contributed by atoms with Crippen molar-refractivity contribution in [1.29, 1.82) is 0 Å². The summed E-state index contributed by atoms with van der Waals surface area (Å²) in [6, 6.07) is 4.85. The smallest absolute Gasteiger partial charge is 0.252 e. The minimum absolute atomic E-state index is 0.245. The first-order valence-corrected chi connectivity index (χ1v) is 6.05. The normalized spacial score (nSPS) is 10.3. The van der Waals surface area contributed by atoms with E-state index in [1.54, 1.807) is 25.1 Å². The first-order chi connectivity index (χ1) is 9.52. The Kier molecular flexibility index (Phi) is 3.93. The molecule has 0 fully saturated rings. The van der Waals surface area contributed by atoms with E-state index in [1.165, 1.54) is 7.11 Å². The van der Waals surface area contributed by atoms with Gasteiger partial charge in [-0.15, -0.1) is 0 Å². The summed E-state index contributed by atoms with van der Waals surface area (Å²) in [4.78, 5) is 11.4. The summed E-state index contributed by atoms with van der Waals surface area (Å²) in [7, 11) is 1.54. The van der Waals surface area contributed by atoms with Crippen LogP contribution in [-0.4, -0.2) is 18.2 Å². The highest BCUT2D eigenvalue weighted by Gasteiger charge is 2.14. The van der Waals surface area contributed by atoms with Crippen molar-refractivity contribution in [3.05, 3.63) is 40.8 Å². The van der Waals surface area contributed by atoms with Gasteiger partial charge in [-0.05, 0) is 26.0 Å². The summed E-state index contributed by atoms with van der Waals surface area (Å²) in [5, 5.41) is 3.85. The molecule has 20 heavy (non-hydrogen) atoms. The van der Waals surface area contributed by atoms with Crippen LogP contribution in [0.3, 0.4) is 0 Å². The van der Waals surface area contributed by atoms with Gasteiger partial charge in [0.2, 0.25) is 0 Å². The van der Waals surface area contributed by atoms with Crippen molar-refractivity contribution in [2.75, 3.05) is 7.11 Å². The number of nitrogens with two attached hydrogens (primary N) is 1. The molecule has 1 amide bonds.